The van der Waals surface area contributed by atoms with Gasteiger partial charge in [-0.15, -0.1) is 11.3 Å². The van der Waals surface area contributed by atoms with Crippen LogP contribution in [0.3, 0.4) is 0 Å². The maximum absolute atomic E-state index is 11.2. The van der Waals surface area contributed by atoms with E-state index in [4.69, 9.17) is 0 Å². The molecule has 0 unspecified atom stereocenters. The second-order valence-electron chi connectivity index (χ2n) is 3.65. The summed E-state index contributed by atoms with van der Waals surface area (Å²) in [7, 11) is 0. The van der Waals surface area contributed by atoms with Gasteiger partial charge in [-0.05, 0) is 38.3 Å². The third-order valence-electron chi connectivity index (χ3n) is 2.20. The van der Waals surface area contributed by atoms with Gasteiger partial charge in [-0.2, -0.15) is 0 Å². The van der Waals surface area contributed by atoms with Crippen molar-refractivity contribution < 1.29 is 4.79 Å². The predicted molar refractivity (Wildman–Crippen MR) is 61.9 cm³/mol. The van der Waals surface area contributed by atoms with Gasteiger partial charge in [-0.3, -0.25) is 4.79 Å². The standard InChI is InChI=1S/C12H18OS/c1-3-5-11(13)6-4-7-12-9-8-10(2)14-12/h8-9H,3-7H2,1-2H3. The zero-order valence-corrected chi connectivity index (χ0v) is 9.82. The van der Waals surface area contributed by atoms with Crippen LogP contribution in [-0.4, -0.2) is 5.78 Å². The minimum atomic E-state index is 0.417. The van der Waals surface area contributed by atoms with Crippen LogP contribution in [0, 0.1) is 6.92 Å². The summed E-state index contributed by atoms with van der Waals surface area (Å²) in [6.07, 6.45) is 4.57. The first-order chi connectivity index (χ1) is 6.72. The smallest absolute Gasteiger partial charge is 0.132 e. The molecule has 0 aliphatic heterocycles. The van der Waals surface area contributed by atoms with Gasteiger partial charge in [-0.25, -0.2) is 0 Å². The van der Waals surface area contributed by atoms with Crippen LogP contribution >= 0.6 is 11.3 Å². The topological polar surface area (TPSA) is 17.1 Å². The van der Waals surface area contributed by atoms with Gasteiger partial charge in [0.15, 0.2) is 0 Å². The highest BCUT2D eigenvalue weighted by atomic mass is 32.1. The Morgan fingerprint density at radius 1 is 1.36 bits per heavy atom. The molecule has 2 heteroatoms. The van der Waals surface area contributed by atoms with Crippen molar-refractivity contribution in [3.8, 4) is 0 Å². The lowest BCUT2D eigenvalue weighted by molar-refractivity contribution is -0.119. The summed E-state index contributed by atoms with van der Waals surface area (Å²) in [4.78, 5) is 14.0. The van der Waals surface area contributed by atoms with Crippen molar-refractivity contribution in [3.05, 3.63) is 21.9 Å². The molecule has 0 aliphatic carbocycles. The van der Waals surface area contributed by atoms with Crippen molar-refractivity contribution in [2.45, 2.75) is 46.0 Å². The highest BCUT2D eigenvalue weighted by molar-refractivity contribution is 7.11. The van der Waals surface area contributed by atoms with E-state index >= 15 is 0 Å². The summed E-state index contributed by atoms with van der Waals surface area (Å²) in [6, 6.07) is 4.32. The minimum absolute atomic E-state index is 0.417. The number of thiophene rings is 1. The summed E-state index contributed by atoms with van der Waals surface area (Å²) in [6.45, 7) is 4.18. The van der Waals surface area contributed by atoms with Crippen LogP contribution in [0.5, 0.6) is 0 Å². The van der Waals surface area contributed by atoms with Gasteiger partial charge in [0.05, 0.1) is 0 Å². The SMILES string of the molecule is CCCC(=O)CCCc1ccc(C)s1. The van der Waals surface area contributed by atoms with E-state index in [1.807, 2.05) is 11.3 Å². The Morgan fingerprint density at radius 2 is 2.14 bits per heavy atom. The highest BCUT2D eigenvalue weighted by Gasteiger charge is 2.01. The van der Waals surface area contributed by atoms with Gasteiger partial charge in [0.2, 0.25) is 0 Å². The number of carbonyl (C=O) groups is 1. The number of carbonyl (C=O) groups excluding carboxylic acids is 1. The lowest BCUT2D eigenvalue weighted by atomic mass is 10.1. The van der Waals surface area contributed by atoms with Gasteiger partial charge >= 0.3 is 0 Å². The van der Waals surface area contributed by atoms with Crippen LogP contribution in [0.15, 0.2) is 12.1 Å². The Hall–Kier alpha value is -0.630. The summed E-state index contributed by atoms with van der Waals surface area (Å²) in [5.74, 6) is 0.417. The lowest BCUT2D eigenvalue weighted by Gasteiger charge is -1.97. The maximum Gasteiger partial charge on any atom is 0.132 e. The average molecular weight is 210 g/mol. The van der Waals surface area contributed by atoms with Crippen LogP contribution in [0.1, 0.15) is 42.4 Å². The molecule has 1 rings (SSSR count). The molecular formula is C12H18OS. The largest absolute Gasteiger partial charge is 0.300 e. The van der Waals surface area contributed by atoms with E-state index in [0.29, 0.717) is 5.78 Å². The molecule has 1 aromatic rings. The lowest BCUT2D eigenvalue weighted by Crippen LogP contribution is -1.97. The fourth-order valence-corrected chi connectivity index (χ4v) is 2.42. The first kappa shape index (κ1) is 11.4. The van der Waals surface area contributed by atoms with Crippen LogP contribution in [0.2, 0.25) is 0 Å². The zero-order chi connectivity index (χ0) is 10.4. The van der Waals surface area contributed by atoms with Gasteiger partial charge in [0.1, 0.15) is 5.78 Å². The average Bonchev–Trinajstić information content (AvgIpc) is 2.52. The number of hydrogen-bond donors (Lipinski definition) is 0. The molecule has 0 fully saturated rings. The Balaban J connectivity index is 2.18. The van der Waals surface area contributed by atoms with E-state index in [-0.39, 0.29) is 0 Å². The Kier molecular flexibility index (Phi) is 4.88. The van der Waals surface area contributed by atoms with Crippen LogP contribution in [-0.2, 0) is 11.2 Å². The van der Waals surface area contributed by atoms with Crippen LogP contribution in [0.4, 0.5) is 0 Å². The number of hydrogen-bond acceptors (Lipinski definition) is 2. The first-order valence-electron chi connectivity index (χ1n) is 5.29. The number of rotatable bonds is 6. The maximum atomic E-state index is 11.2. The van der Waals surface area contributed by atoms with Gasteiger partial charge in [-0.1, -0.05) is 6.92 Å². The Labute approximate surface area is 90.2 Å². The second kappa shape index (κ2) is 5.97. The normalized spacial score (nSPS) is 10.4. The van der Waals surface area contributed by atoms with Crippen molar-refractivity contribution in [1.82, 2.24) is 0 Å². The van der Waals surface area contributed by atoms with E-state index in [2.05, 4.69) is 26.0 Å². The molecule has 0 spiro atoms. The molecule has 78 valence electrons. The number of Topliss-reactive ketones (excluding diaryl/α,β-unsaturated/α-hetero) is 1. The molecular weight excluding hydrogens is 192 g/mol. The second-order valence-corrected chi connectivity index (χ2v) is 5.03. The molecule has 0 aliphatic rings. The van der Waals surface area contributed by atoms with E-state index in [1.54, 1.807) is 0 Å². The molecule has 0 saturated carbocycles. The van der Waals surface area contributed by atoms with E-state index in [1.165, 1.54) is 9.75 Å². The predicted octanol–water partition coefficient (Wildman–Crippen LogP) is 3.75. The molecule has 1 heterocycles. The van der Waals surface area contributed by atoms with Gasteiger partial charge in [0, 0.05) is 22.6 Å². The third-order valence-corrected chi connectivity index (χ3v) is 3.26. The minimum Gasteiger partial charge on any atom is -0.300 e. The van der Waals surface area contributed by atoms with E-state index < -0.39 is 0 Å². The summed E-state index contributed by atoms with van der Waals surface area (Å²) in [5, 5.41) is 0. The number of ketones is 1. The Bertz CT molecular complexity index is 288. The van der Waals surface area contributed by atoms with Crippen molar-refractivity contribution in [3.63, 3.8) is 0 Å². The molecule has 14 heavy (non-hydrogen) atoms. The molecule has 0 aromatic carbocycles. The highest BCUT2D eigenvalue weighted by Crippen LogP contribution is 2.17. The molecule has 0 saturated heterocycles. The summed E-state index contributed by atoms with van der Waals surface area (Å²) >= 11 is 1.84. The molecule has 1 aromatic heterocycles. The Morgan fingerprint density at radius 3 is 2.71 bits per heavy atom. The van der Waals surface area contributed by atoms with Gasteiger partial charge < -0.3 is 0 Å². The van der Waals surface area contributed by atoms with Crippen molar-refractivity contribution in [1.29, 1.82) is 0 Å². The molecule has 1 nitrogen and oxygen atoms in total. The quantitative estimate of drug-likeness (QED) is 0.699. The van der Waals surface area contributed by atoms with Crippen molar-refractivity contribution >= 4 is 17.1 Å². The summed E-state index contributed by atoms with van der Waals surface area (Å²) < 4.78 is 0. The fraction of sp³-hybridized carbons (Fsp3) is 0.583. The fourth-order valence-electron chi connectivity index (χ4n) is 1.48. The zero-order valence-electron chi connectivity index (χ0n) is 9.01. The molecule has 0 amide bonds. The number of aryl methyl sites for hydroxylation is 2. The van der Waals surface area contributed by atoms with Gasteiger partial charge in [0.25, 0.3) is 0 Å². The molecule has 0 bridgehead atoms. The molecule has 0 radical (unpaired) electrons. The van der Waals surface area contributed by atoms with Crippen LogP contribution in [0.25, 0.3) is 0 Å². The third kappa shape index (κ3) is 4.05. The van der Waals surface area contributed by atoms with Crippen molar-refractivity contribution in [2.75, 3.05) is 0 Å². The molecule has 0 N–H and O–H groups in total. The van der Waals surface area contributed by atoms with E-state index in [9.17, 15) is 4.79 Å². The summed E-state index contributed by atoms with van der Waals surface area (Å²) in [5.41, 5.74) is 0. The van der Waals surface area contributed by atoms with E-state index in [0.717, 1.165) is 32.1 Å². The first-order valence-corrected chi connectivity index (χ1v) is 6.11. The molecule has 0 atom stereocenters. The van der Waals surface area contributed by atoms with Crippen molar-refractivity contribution in [2.24, 2.45) is 0 Å². The van der Waals surface area contributed by atoms with Crippen LogP contribution < -0.4 is 0 Å². The monoisotopic (exact) mass is 210 g/mol.